The summed E-state index contributed by atoms with van der Waals surface area (Å²) in [4.78, 5) is 30.3. The SMILES string of the molecule is O=c1c2ncccc2n(Cc2ccc(Br)cc2)c(=O)n1CCc1ccccc1. The number of pyridine rings is 1. The molecule has 4 aromatic rings. The lowest BCUT2D eigenvalue weighted by Gasteiger charge is -2.14. The van der Waals surface area contributed by atoms with E-state index < -0.39 is 0 Å². The molecule has 0 bridgehead atoms. The molecule has 2 aromatic carbocycles. The summed E-state index contributed by atoms with van der Waals surface area (Å²) in [5.74, 6) is 0. The third-order valence-electron chi connectivity index (χ3n) is 4.71. The van der Waals surface area contributed by atoms with E-state index in [1.54, 1.807) is 22.9 Å². The van der Waals surface area contributed by atoms with Gasteiger partial charge >= 0.3 is 5.69 Å². The molecule has 0 aliphatic heterocycles. The standard InChI is InChI=1S/C22H18BrN3O2/c23-18-10-8-17(9-11-18)15-26-19-7-4-13-24-20(19)21(27)25(22(26)28)14-12-16-5-2-1-3-6-16/h1-11,13H,12,14-15H2. The van der Waals surface area contributed by atoms with Crippen molar-refractivity contribution >= 4 is 27.0 Å². The topological polar surface area (TPSA) is 56.9 Å². The van der Waals surface area contributed by atoms with Crippen LogP contribution in [0.1, 0.15) is 11.1 Å². The van der Waals surface area contributed by atoms with Gasteiger partial charge in [0, 0.05) is 17.2 Å². The maximum absolute atomic E-state index is 13.2. The number of halogens is 1. The molecule has 0 aliphatic rings. The minimum absolute atomic E-state index is 0.312. The first-order valence-electron chi connectivity index (χ1n) is 9.00. The molecular formula is C22H18BrN3O2. The highest BCUT2D eigenvalue weighted by Gasteiger charge is 2.14. The highest BCUT2D eigenvalue weighted by Crippen LogP contribution is 2.13. The molecule has 0 amide bonds. The van der Waals surface area contributed by atoms with E-state index in [-0.39, 0.29) is 11.2 Å². The van der Waals surface area contributed by atoms with Crippen LogP contribution in [0.4, 0.5) is 0 Å². The smallest absolute Gasteiger partial charge is 0.287 e. The molecule has 0 N–H and O–H groups in total. The van der Waals surface area contributed by atoms with Crippen LogP contribution in [-0.4, -0.2) is 14.1 Å². The molecule has 0 radical (unpaired) electrons. The van der Waals surface area contributed by atoms with E-state index >= 15 is 0 Å². The summed E-state index contributed by atoms with van der Waals surface area (Å²) in [5, 5.41) is 0. The third kappa shape index (κ3) is 3.68. The summed E-state index contributed by atoms with van der Waals surface area (Å²) >= 11 is 3.43. The summed E-state index contributed by atoms with van der Waals surface area (Å²) in [6, 6.07) is 21.1. The van der Waals surface area contributed by atoms with E-state index in [1.807, 2.05) is 54.6 Å². The predicted molar refractivity (Wildman–Crippen MR) is 114 cm³/mol. The van der Waals surface area contributed by atoms with Crippen molar-refractivity contribution in [3.05, 3.63) is 109 Å². The van der Waals surface area contributed by atoms with Gasteiger partial charge in [0.15, 0.2) is 5.52 Å². The molecule has 0 spiro atoms. The monoisotopic (exact) mass is 435 g/mol. The van der Waals surface area contributed by atoms with Crippen LogP contribution in [0, 0.1) is 0 Å². The molecule has 0 saturated carbocycles. The lowest BCUT2D eigenvalue weighted by molar-refractivity contribution is 0.588. The second-order valence-electron chi connectivity index (χ2n) is 6.56. The van der Waals surface area contributed by atoms with Gasteiger partial charge in [-0.1, -0.05) is 58.4 Å². The number of hydrogen-bond acceptors (Lipinski definition) is 3. The van der Waals surface area contributed by atoms with E-state index in [0.29, 0.717) is 30.5 Å². The summed E-state index contributed by atoms with van der Waals surface area (Å²) in [7, 11) is 0. The van der Waals surface area contributed by atoms with Crippen molar-refractivity contribution in [2.24, 2.45) is 0 Å². The van der Waals surface area contributed by atoms with Crippen LogP contribution in [0.5, 0.6) is 0 Å². The summed E-state index contributed by atoms with van der Waals surface area (Å²) in [5.41, 5.74) is 2.26. The van der Waals surface area contributed by atoms with Crippen LogP contribution in [0.15, 0.2) is 87.0 Å². The van der Waals surface area contributed by atoms with Crippen molar-refractivity contribution in [2.75, 3.05) is 0 Å². The lowest BCUT2D eigenvalue weighted by Crippen LogP contribution is -2.41. The molecular weight excluding hydrogens is 418 g/mol. The zero-order chi connectivity index (χ0) is 19.5. The Morgan fingerprint density at radius 3 is 2.32 bits per heavy atom. The first kappa shape index (κ1) is 18.4. The maximum atomic E-state index is 13.2. The van der Waals surface area contributed by atoms with Crippen LogP contribution < -0.4 is 11.2 Å². The van der Waals surface area contributed by atoms with Crippen LogP contribution in [-0.2, 0) is 19.5 Å². The predicted octanol–water partition coefficient (Wildman–Crippen LogP) is 3.61. The normalized spacial score (nSPS) is 11.0. The summed E-state index contributed by atoms with van der Waals surface area (Å²) < 4.78 is 3.89. The molecule has 4 rings (SSSR count). The third-order valence-corrected chi connectivity index (χ3v) is 5.24. The fourth-order valence-corrected chi connectivity index (χ4v) is 3.52. The Balaban J connectivity index is 1.80. The zero-order valence-electron chi connectivity index (χ0n) is 15.1. The van der Waals surface area contributed by atoms with Crippen molar-refractivity contribution in [3.8, 4) is 0 Å². The maximum Gasteiger partial charge on any atom is 0.331 e. The van der Waals surface area contributed by atoms with Gasteiger partial charge in [-0.3, -0.25) is 13.9 Å². The van der Waals surface area contributed by atoms with Crippen LogP contribution in [0.3, 0.4) is 0 Å². The molecule has 2 aromatic heterocycles. The molecule has 140 valence electrons. The van der Waals surface area contributed by atoms with Crippen molar-refractivity contribution in [1.82, 2.24) is 14.1 Å². The zero-order valence-corrected chi connectivity index (χ0v) is 16.7. The molecule has 0 aliphatic carbocycles. The Bertz CT molecular complexity index is 1230. The molecule has 0 fully saturated rings. The summed E-state index contributed by atoms with van der Waals surface area (Å²) in [6.07, 6.45) is 2.19. The number of nitrogens with zero attached hydrogens (tertiary/aromatic N) is 3. The van der Waals surface area contributed by atoms with Crippen LogP contribution in [0.2, 0.25) is 0 Å². The van der Waals surface area contributed by atoms with Crippen molar-refractivity contribution in [2.45, 2.75) is 19.5 Å². The van der Waals surface area contributed by atoms with Crippen molar-refractivity contribution < 1.29 is 0 Å². The average molecular weight is 436 g/mol. The fourth-order valence-electron chi connectivity index (χ4n) is 3.25. The van der Waals surface area contributed by atoms with Gasteiger partial charge in [-0.2, -0.15) is 0 Å². The number of benzene rings is 2. The van der Waals surface area contributed by atoms with Crippen LogP contribution in [0.25, 0.3) is 11.0 Å². The highest BCUT2D eigenvalue weighted by molar-refractivity contribution is 9.10. The molecule has 0 atom stereocenters. The van der Waals surface area contributed by atoms with Crippen molar-refractivity contribution in [1.29, 1.82) is 0 Å². The van der Waals surface area contributed by atoms with Gasteiger partial charge in [0.2, 0.25) is 0 Å². The van der Waals surface area contributed by atoms with Gasteiger partial charge < -0.3 is 0 Å². The number of rotatable bonds is 5. The molecule has 28 heavy (non-hydrogen) atoms. The van der Waals surface area contributed by atoms with E-state index in [4.69, 9.17) is 0 Å². The van der Waals surface area contributed by atoms with Crippen molar-refractivity contribution in [3.63, 3.8) is 0 Å². The van der Waals surface area contributed by atoms with Crippen LogP contribution >= 0.6 is 15.9 Å². The Hall–Kier alpha value is -2.99. The second kappa shape index (κ2) is 7.94. The van der Waals surface area contributed by atoms with Gasteiger partial charge in [0.1, 0.15) is 0 Å². The number of aromatic nitrogens is 3. The Morgan fingerprint density at radius 2 is 1.57 bits per heavy atom. The van der Waals surface area contributed by atoms with E-state index in [9.17, 15) is 9.59 Å². The summed E-state index contributed by atoms with van der Waals surface area (Å²) in [6.45, 7) is 0.689. The highest BCUT2D eigenvalue weighted by atomic mass is 79.9. The number of hydrogen-bond donors (Lipinski definition) is 0. The number of aryl methyl sites for hydroxylation is 1. The van der Waals surface area contributed by atoms with Gasteiger partial charge in [0.25, 0.3) is 5.56 Å². The van der Waals surface area contributed by atoms with Gasteiger partial charge in [-0.25, -0.2) is 9.78 Å². The first-order valence-corrected chi connectivity index (χ1v) is 9.79. The Labute approximate surface area is 170 Å². The largest absolute Gasteiger partial charge is 0.331 e. The minimum Gasteiger partial charge on any atom is -0.287 e. The quantitative estimate of drug-likeness (QED) is 0.481. The van der Waals surface area contributed by atoms with E-state index in [0.717, 1.165) is 15.6 Å². The average Bonchev–Trinajstić information content (AvgIpc) is 2.73. The Kier molecular flexibility index (Phi) is 5.21. The van der Waals surface area contributed by atoms with Gasteiger partial charge in [-0.15, -0.1) is 0 Å². The molecule has 6 heteroatoms. The van der Waals surface area contributed by atoms with Gasteiger partial charge in [-0.05, 0) is 41.8 Å². The molecule has 0 saturated heterocycles. The lowest BCUT2D eigenvalue weighted by atomic mass is 10.1. The second-order valence-corrected chi connectivity index (χ2v) is 7.47. The van der Waals surface area contributed by atoms with Gasteiger partial charge in [0.05, 0.1) is 12.1 Å². The molecule has 0 unspecified atom stereocenters. The molecule has 5 nitrogen and oxygen atoms in total. The molecule has 2 heterocycles. The fraction of sp³-hybridized carbons (Fsp3) is 0.136. The number of fused-ring (bicyclic) bond motifs is 1. The van der Waals surface area contributed by atoms with E-state index in [2.05, 4.69) is 20.9 Å². The Morgan fingerprint density at radius 1 is 0.821 bits per heavy atom. The first-order chi connectivity index (χ1) is 13.6. The minimum atomic E-state index is -0.344. The van der Waals surface area contributed by atoms with E-state index in [1.165, 1.54) is 4.57 Å².